The molecule has 1 unspecified atom stereocenters. The van der Waals surface area contributed by atoms with E-state index in [0.29, 0.717) is 6.04 Å². The molecule has 1 fully saturated rings. The van der Waals surface area contributed by atoms with Crippen molar-refractivity contribution in [1.82, 2.24) is 4.90 Å². The normalized spacial score (nSPS) is 20.4. The fourth-order valence-electron chi connectivity index (χ4n) is 2.02. The first-order chi connectivity index (χ1) is 6.81. The molecule has 2 rings (SSSR count). The van der Waals surface area contributed by atoms with Gasteiger partial charge < -0.3 is 5.73 Å². The van der Waals surface area contributed by atoms with Crippen molar-refractivity contribution in [1.29, 1.82) is 0 Å². The second-order valence-corrected chi connectivity index (χ2v) is 4.14. The third kappa shape index (κ3) is 1.81. The molecule has 1 aliphatic heterocycles. The third-order valence-electron chi connectivity index (χ3n) is 3.15. The lowest BCUT2D eigenvalue weighted by Gasteiger charge is -2.43. The average molecular weight is 190 g/mol. The van der Waals surface area contributed by atoms with Crippen molar-refractivity contribution in [2.24, 2.45) is 11.7 Å². The topological polar surface area (TPSA) is 29.3 Å². The van der Waals surface area contributed by atoms with Crippen LogP contribution in [0.25, 0.3) is 0 Å². The maximum atomic E-state index is 5.61. The third-order valence-corrected chi connectivity index (χ3v) is 3.15. The van der Waals surface area contributed by atoms with Gasteiger partial charge in [0.25, 0.3) is 0 Å². The Bertz CT molecular complexity index is 278. The van der Waals surface area contributed by atoms with Crippen LogP contribution in [-0.4, -0.2) is 24.5 Å². The van der Waals surface area contributed by atoms with Crippen LogP contribution >= 0.6 is 0 Å². The largest absolute Gasteiger partial charge is 0.330 e. The molecule has 1 aromatic carbocycles. The second-order valence-electron chi connectivity index (χ2n) is 4.14. The van der Waals surface area contributed by atoms with E-state index in [4.69, 9.17) is 5.73 Å². The standard InChI is InChI=1S/C12H18N2/c1-10(12-5-3-2-4-6-12)14-8-11(7-13)9-14/h2-6,10-11H,7-9,13H2,1H3. The Kier molecular flexibility index (Phi) is 2.85. The predicted molar refractivity (Wildman–Crippen MR) is 59.0 cm³/mol. The zero-order chi connectivity index (χ0) is 9.97. The summed E-state index contributed by atoms with van der Waals surface area (Å²) < 4.78 is 0. The highest BCUT2D eigenvalue weighted by molar-refractivity contribution is 5.18. The minimum absolute atomic E-state index is 0.541. The summed E-state index contributed by atoms with van der Waals surface area (Å²) >= 11 is 0. The minimum Gasteiger partial charge on any atom is -0.330 e. The second kappa shape index (κ2) is 4.11. The molecular weight excluding hydrogens is 172 g/mol. The number of hydrogen-bond acceptors (Lipinski definition) is 2. The summed E-state index contributed by atoms with van der Waals surface area (Å²) in [6, 6.07) is 11.2. The smallest absolute Gasteiger partial charge is 0.0320 e. The molecule has 1 aromatic rings. The molecule has 0 radical (unpaired) electrons. The van der Waals surface area contributed by atoms with E-state index in [0.717, 1.165) is 25.6 Å². The van der Waals surface area contributed by atoms with E-state index in [1.165, 1.54) is 5.56 Å². The minimum atomic E-state index is 0.541. The van der Waals surface area contributed by atoms with Gasteiger partial charge in [-0.25, -0.2) is 0 Å². The summed E-state index contributed by atoms with van der Waals surface area (Å²) in [5, 5.41) is 0. The van der Waals surface area contributed by atoms with Gasteiger partial charge in [-0.2, -0.15) is 0 Å². The van der Waals surface area contributed by atoms with Crippen LogP contribution in [0.15, 0.2) is 30.3 Å². The Morgan fingerprint density at radius 1 is 1.36 bits per heavy atom. The first-order valence-corrected chi connectivity index (χ1v) is 5.30. The van der Waals surface area contributed by atoms with Gasteiger partial charge in [-0.3, -0.25) is 4.90 Å². The first kappa shape index (κ1) is 9.69. The van der Waals surface area contributed by atoms with E-state index in [-0.39, 0.29) is 0 Å². The summed E-state index contributed by atoms with van der Waals surface area (Å²) in [6.45, 7) is 5.42. The molecule has 2 heteroatoms. The molecule has 0 spiro atoms. The van der Waals surface area contributed by atoms with E-state index < -0.39 is 0 Å². The summed E-state index contributed by atoms with van der Waals surface area (Å²) in [5.74, 6) is 0.723. The lowest BCUT2D eigenvalue weighted by atomic mass is 9.95. The van der Waals surface area contributed by atoms with Crippen LogP contribution < -0.4 is 5.73 Å². The highest BCUT2D eigenvalue weighted by Crippen LogP contribution is 2.27. The molecule has 1 atom stereocenters. The van der Waals surface area contributed by atoms with Crippen molar-refractivity contribution in [3.05, 3.63) is 35.9 Å². The van der Waals surface area contributed by atoms with Crippen molar-refractivity contribution in [2.75, 3.05) is 19.6 Å². The van der Waals surface area contributed by atoms with Crippen LogP contribution in [0.2, 0.25) is 0 Å². The van der Waals surface area contributed by atoms with Crippen molar-refractivity contribution in [2.45, 2.75) is 13.0 Å². The number of nitrogens with zero attached hydrogens (tertiary/aromatic N) is 1. The van der Waals surface area contributed by atoms with Crippen LogP contribution in [0.1, 0.15) is 18.5 Å². The molecule has 1 aliphatic rings. The predicted octanol–water partition coefficient (Wildman–Crippen LogP) is 1.64. The van der Waals surface area contributed by atoms with Gasteiger partial charge in [0.2, 0.25) is 0 Å². The van der Waals surface area contributed by atoms with Crippen LogP contribution in [0.4, 0.5) is 0 Å². The number of hydrogen-bond donors (Lipinski definition) is 1. The quantitative estimate of drug-likeness (QED) is 0.785. The van der Waals surface area contributed by atoms with Crippen molar-refractivity contribution < 1.29 is 0 Å². The fourth-order valence-corrected chi connectivity index (χ4v) is 2.02. The molecule has 0 bridgehead atoms. The van der Waals surface area contributed by atoms with E-state index in [9.17, 15) is 0 Å². The fraction of sp³-hybridized carbons (Fsp3) is 0.500. The van der Waals surface area contributed by atoms with Crippen molar-refractivity contribution in [3.8, 4) is 0 Å². The SMILES string of the molecule is CC(c1ccccc1)N1CC(CN)C1. The van der Waals surface area contributed by atoms with Crippen LogP contribution in [0, 0.1) is 5.92 Å². The maximum absolute atomic E-state index is 5.61. The van der Waals surface area contributed by atoms with Gasteiger partial charge in [0.1, 0.15) is 0 Å². The first-order valence-electron chi connectivity index (χ1n) is 5.30. The Morgan fingerprint density at radius 3 is 2.57 bits per heavy atom. The van der Waals surface area contributed by atoms with Crippen molar-refractivity contribution >= 4 is 0 Å². The van der Waals surface area contributed by atoms with Crippen LogP contribution in [-0.2, 0) is 0 Å². The monoisotopic (exact) mass is 190 g/mol. The molecule has 2 nitrogen and oxygen atoms in total. The van der Waals surface area contributed by atoms with Gasteiger partial charge in [-0.1, -0.05) is 30.3 Å². The Labute approximate surface area is 85.7 Å². The Hall–Kier alpha value is -0.860. The number of rotatable bonds is 3. The van der Waals surface area contributed by atoms with E-state index in [1.54, 1.807) is 0 Å². The lowest BCUT2D eigenvalue weighted by molar-refractivity contribution is 0.0646. The van der Waals surface area contributed by atoms with E-state index >= 15 is 0 Å². The molecule has 0 aliphatic carbocycles. The van der Waals surface area contributed by atoms with E-state index in [2.05, 4.69) is 42.2 Å². The zero-order valence-corrected chi connectivity index (χ0v) is 8.69. The Morgan fingerprint density at radius 2 is 2.00 bits per heavy atom. The van der Waals surface area contributed by atoms with Crippen LogP contribution in [0.3, 0.4) is 0 Å². The van der Waals surface area contributed by atoms with Gasteiger partial charge in [0.05, 0.1) is 0 Å². The zero-order valence-electron chi connectivity index (χ0n) is 8.69. The summed E-state index contributed by atoms with van der Waals surface area (Å²) in [7, 11) is 0. The maximum Gasteiger partial charge on any atom is 0.0320 e. The molecule has 2 N–H and O–H groups in total. The molecule has 76 valence electrons. The molecule has 1 saturated heterocycles. The molecule has 1 heterocycles. The van der Waals surface area contributed by atoms with Gasteiger partial charge >= 0.3 is 0 Å². The molecule has 0 saturated carbocycles. The highest BCUT2D eigenvalue weighted by Gasteiger charge is 2.29. The van der Waals surface area contributed by atoms with Gasteiger partial charge in [0.15, 0.2) is 0 Å². The Balaban J connectivity index is 1.94. The molecule has 14 heavy (non-hydrogen) atoms. The number of benzene rings is 1. The summed E-state index contributed by atoms with van der Waals surface area (Å²) in [4.78, 5) is 2.48. The average Bonchev–Trinajstić information content (AvgIpc) is 2.17. The van der Waals surface area contributed by atoms with Gasteiger partial charge in [-0.05, 0) is 24.9 Å². The van der Waals surface area contributed by atoms with Gasteiger partial charge in [-0.15, -0.1) is 0 Å². The van der Waals surface area contributed by atoms with Crippen LogP contribution in [0.5, 0.6) is 0 Å². The number of likely N-dealkylation sites (tertiary alicyclic amines) is 1. The molecular formula is C12H18N2. The summed E-state index contributed by atoms with van der Waals surface area (Å²) in [5.41, 5.74) is 7.01. The van der Waals surface area contributed by atoms with Crippen molar-refractivity contribution in [3.63, 3.8) is 0 Å². The van der Waals surface area contributed by atoms with E-state index in [1.807, 2.05) is 0 Å². The molecule has 0 aromatic heterocycles. The highest BCUT2D eigenvalue weighted by atomic mass is 15.2. The van der Waals surface area contributed by atoms with Gasteiger partial charge in [0, 0.05) is 19.1 Å². The lowest BCUT2D eigenvalue weighted by Crippen LogP contribution is -2.50. The summed E-state index contributed by atoms with van der Waals surface area (Å²) in [6.07, 6.45) is 0. The molecule has 0 amide bonds. The number of nitrogens with two attached hydrogens (primary N) is 1.